The predicted molar refractivity (Wildman–Crippen MR) is 80.2 cm³/mol. The predicted octanol–water partition coefficient (Wildman–Crippen LogP) is 3.82. The number of hydrogen-bond donors (Lipinski definition) is 1. The molecule has 2 nitrogen and oxygen atoms in total. The van der Waals surface area contributed by atoms with Crippen LogP contribution in [0.3, 0.4) is 0 Å². The number of rotatable bonds is 3. The van der Waals surface area contributed by atoms with E-state index in [2.05, 4.69) is 12.2 Å². The largest absolute Gasteiger partial charge is 0.359 e. The molecule has 3 rings (SSSR count). The highest BCUT2D eigenvalue weighted by Gasteiger charge is 2.40. The highest BCUT2D eigenvalue weighted by molar-refractivity contribution is 8.14. The van der Waals surface area contributed by atoms with E-state index in [1.807, 2.05) is 11.8 Å². The number of aliphatic imine (C=N–C) groups is 1. The zero-order valence-corrected chi connectivity index (χ0v) is 12.4. The summed E-state index contributed by atoms with van der Waals surface area (Å²) in [7, 11) is 0. The van der Waals surface area contributed by atoms with Crippen LogP contribution in [-0.4, -0.2) is 23.0 Å². The fourth-order valence-electron chi connectivity index (χ4n) is 3.63. The molecule has 0 aromatic carbocycles. The van der Waals surface area contributed by atoms with Gasteiger partial charge < -0.3 is 5.32 Å². The SMILES string of the molecule is CC1CCCC2(CSC(=NCCC3CCC3)N2)C1. The first kappa shape index (κ1) is 12.8. The van der Waals surface area contributed by atoms with Crippen LogP contribution in [0.15, 0.2) is 4.99 Å². The smallest absolute Gasteiger partial charge is 0.157 e. The highest BCUT2D eigenvalue weighted by Crippen LogP contribution is 2.38. The van der Waals surface area contributed by atoms with Crippen molar-refractivity contribution in [1.29, 1.82) is 0 Å². The lowest BCUT2D eigenvalue weighted by Crippen LogP contribution is -2.47. The number of nitrogens with one attached hydrogen (secondary N) is 1. The van der Waals surface area contributed by atoms with Crippen LogP contribution in [0.5, 0.6) is 0 Å². The summed E-state index contributed by atoms with van der Waals surface area (Å²) in [6.45, 7) is 3.45. The molecule has 2 saturated carbocycles. The molecule has 3 fully saturated rings. The van der Waals surface area contributed by atoms with Gasteiger partial charge >= 0.3 is 0 Å². The number of hydrogen-bond acceptors (Lipinski definition) is 2. The maximum Gasteiger partial charge on any atom is 0.157 e. The lowest BCUT2D eigenvalue weighted by Gasteiger charge is -2.36. The first-order chi connectivity index (χ1) is 8.76. The molecule has 0 aromatic rings. The monoisotopic (exact) mass is 266 g/mol. The molecule has 1 heterocycles. The van der Waals surface area contributed by atoms with Crippen LogP contribution in [0.2, 0.25) is 0 Å². The molecule has 2 aliphatic carbocycles. The lowest BCUT2D eigenvalue weighted by atomic mass is 9.78. The summed E-state index contributed by atoms with van der Waals surface area (Å²) in [6, 6.07) is 0. The van der Waals surface area contributed by atoms with Gasteiger partial charge in [-0.3, -0.25) is 4.99 Å². The van der Waals surface area contributed by atoms with E-state index >= 15 is 0 Å². The number of nitrogens with zero attached hydrogens (tertiary/aromatic N) is 1. The maximum absolute atomic E-state index is 4.79. The van der Waals surface area contributed by atoms with Crippen molar-refractivity contribution in [3.8, 4) is 0 Å². The van der Waals surface area contributed by atoms with Crippen LogP contribution in [0.4, 0.5) is 0 Å². The zero-order valence-electron chi connectivity index (χ0n) is 11.6. The number of amidine groups is 1. The summed E-state index contributed by atoms with van der Waals surface area (Å²) >= 11 is 1.97. The molecule has 0 bridgehead atoms. The second kappa shape index (κ2) is 5.44. The van der Waals surface area contributed by atoms with E-state index in [-0.39, 0.29) is 0 Å². The lowest BCUT2D eigenvalue weighted by molar-refractivity contribution is 0.242. The Morgan fingerprint density at radius 1 is 1.33 bits per heavy atom. The molecule has 1 N–H and O–H groups in total. The van der Waals surface area contributed by atoms with Gasteiger partial charge in [-0.2, -0.15) is 0 Å². The van der Waals surface area contributed by atoms with Gasteiger partial charge in [0.25, 0.3) is 0 Å². The Kier molecular flexibility index (Phi) is 3.88. The minimum atomic E-state index is 0.400. The van der Waals surface area contributed by atoms with Crippen LogP contribution >= 0.6 is 11.8 Å². The Bertz CT molecular complexity index is 324. The zero-order chi connectivity index (χ0) is 12.4. The van der Waals surface area contributed by atoms with Gasteiger partial charge in [0.1, 0.15) is 0 Å². The van der Waals surface area contributed by atoms with E-state index in [1.165, 1.54) is 62.3 Å². The van der Waals surface area contributed by atoms with Gasteiger partial charge in [0, 0.05) is 17.8 Å². The minimum Gasteiger partial charge on any atom is -0.359 e. The van der Waals surface area contributed by atoms with Crippen molar-refractivity contribution < 1.29 is 0 Å². The summed E-state index contributed by atoms with van der Waals surface area (Å²) in [6.07, 6.45) is 11.2. The third-order valence-corrected chi connectivity index (χ3v) is 6.17. The molecule has 2 atom stereocenters. The topological polar surface area (TPSA) is 24.4 Å². The van der Waals surface area contributed by atoms with Crippen LogP contribution < -0.4 is 5.32 Å². The van der Waals surface area contributed by atoms with Crippen molar-refractivity contribution in [2.45, 2.75) is 63.8 Å². The summed E-state index contributed by atoms with van der Waals surface area (Å²) in [5.41, 5.74) is 0.400. The molecule has 3 heteroatoms. The maximum atomic E-state index is 4.79. The molecule has 102 valence electrons. The standard InChI is InChI=1S/C15H26N2S/c1-12-4-3-8-15(10-12)11-18-14(17-15)16-9-7-13-5-2-6-13/h12-13H,2-11H2,1H3,(H,16,17). The summed E-state index contributed by atoms with van der Waals surface area (Å²) in [5, 5.41) is 5.00. The van der Waals surface area contributed by atoms with Gasteiger partial charge in [-0.15, -0.1) is 0 Å². The van der Waals surface area contributed by atoms with Crippen molar-refractivity contribution in [2.24, 2.45) is 16.8 Å². The van der Waals surface area contributed by atoms with Crippen LogP contribution in [0.25, 0.3) is 0 Å². The van der Waals surface area contributed by atoms with E-state index in [4.69, 9.17) is 4.99 Å². The molecule has 0 aromatic heterocycles. The fourth-order valence-corrected chi connectivity index (χ4v) is 4.84. The van der Waals surface area contributed by atoms with Crippen LogP contribution in [0, 0.1) is 11.8 Å². The summed E-state index contributed by atoms with van der Waals surface area (Å²) < 4.78 is 0. The molecule has 1 saturated heterocycles. The fraction of sp³-hybridized carbons (Fsp3) is 0.933. The van der Waals surface area contributed by atoms with Crippen molar-refractivity contribution in [3.05, 3.63) is 0 Å². The van der Waals surface area contributed by atoms with Crippen molar-refractivity contribution >= 4 is 16.9 Å². The molecular formula is C15H26N2S. The first-order valence-corrected chi connectivity index (χ1v) is 8.70. The molecule has 1 aliphatic heterocycles. The highest BCUT2D eigenvalue weighted by atomic mass is 32.2. The van der Waals surface area contributed by atoms with Gasteiger partial charge in [0.2, 0.25) is 0 Å². The Morgan fingerprint density at radius 2 is 2.22 bits per heavy atom. The second-order valence-corrected chi connectivity index (χ2v) is 7.63. The van der Waals surface area contributed by atoms with Crippen LogP contribution in [-0.2, 0) is 0 Å². The third kappa shape index (κ3) is 2.87. The van der Waals surface area contributed by atoms with Crippen LogP contribution in [0.1, 0.15) is 58.3 Å². The van der Waals surface area contributed by atoms with Gasteiger partial charge in [-0.1, -0.05) is 50.8 Å². The van der Waals surface area contributed by atoms with E-state index in [0.29, 0.717) is 5.54 Å². The Hall–Kier alpha value is -0.180. The Labute approximate surface area is 115 Å². The van der Waals surface area contributed by atoms with E-state index in [0.717, 1.165) is 18.4 Å². The van der Waals surface area contributed by atoms with Crippen molar-refractivity contribution in [2.75, 3.05) is 12.3 Å². The molecule has 18 heavy (non-hydrogen) atoms. The van der Waals surface area contributed by atoms with Gasteiger partial charge in [0.05, 0.1) is 0 Å². The Balaban J connectivity index is 1.49. The molecule has 1 spiro atoms. The number of thioether (sulfide) groups is 1. The normalized spacial score (nSPS) is 38.9. The molecule has 2 unspecified atom stereocenters. The summed E-state index contributed by atoms with van der Waals surface area (Å²) in [5.74, 6) is 3.13. The van der Waals surface area contributed by atoms with Gasteiger partial charge in [-0.05, 0) is 31.1 Å². The van der Waals surface area contributed by atoms with E-state index < -0.39 is 0 Å². The quantitative estimate of drug-likeness (QED) is 0.840. The van der Waals surface area contributed by atoms with Crippen molar-refractivity contribution in [3.63, 3.8) is 0 Å². The average Bonchev–Trinajstić information content (AvgIpc) is 2.65. The van der Waals surface area contributed by atoms with Crippen molar-refractivity contribution in [1.82, 2.24) is 5.32 Å². The second-order valence-electron chi connectivity index (χ2n) is 6.67. The van der Waals surface area contributed by atoms with Gasteiger partial charge in [-0.25, -0.2) is 0 Å². The summed E-state index contributed by atoms with van der Waals surface area (Å²) in [4.78, 5) is 4.79. The average molecular weight is 266 g/mol. The molecular weight excluding hydrogens is 240 g/mol. The van der Waals surface area contributed by atoms with E-state index in [1.54, 1.807) is 0 Å². The minimum absolute atomic E-state index is 0.400. The van der Waals surface area contributed by atoms with Gasteiger partial charge in [0.15, 0.2) is 5.17 Å². The van der Waals surface area contributed by atoms with E-state index in [9.17, 15) is 0 Å². The third-order valence-electron chi connectivity index (χ3n) is 4.97. The first-order valence-electron chi connectivity index (χ1n) is 7.71. The Morgan fingerprint density at radius 3 is 2.94 bits per heavy atom. The molecule has 0 radical (unpaired) electrons. The molecule has 0 amide bonds. The molecule has 3 aliphatic rings.